The van der Waals surface area contributed by atoms with Gasteiger partial charge in [-0.1, -0.05) is 19.9 Å². The van der Waals surface area contributed by atoms with E-state index < -0.39 is 0 Å². The molecule has 0 spiro atoms. The molecule has 3 nitrogen and oxygen atoms in total. The number of fused-ring (bicyclic) bond motifs is 1. The number of carbonyl (C=O) groups is 1. The summed E-state index contributed by atoms with van der Waals surface area (Å²) in [6.45, 7) is 5.86. The van der Waals surface area contributed by atoms with Crippen LogP contribution in [-0.2, 0) is 11.2 Å². The van der Waals surface area contributed by atoms with Crippen molar-refractivity contribution >= 4 is 28.6 Å². The molecule has 1 unspecified atom stereocenters. The van der Waals surface area contributed by atoms with Crippen LogP contribution in [0, 0.1) is 0 Å². The Bertz CT molecular complexity index is 631. The van der Waals surface area contributed by atoms with Gasteiger partial charge in [0.15, 0.2) is 6.54 Å². The molecule has 3 rings (SSSR count). The first kappa shape index (κ1) is 16.7. The highest BCUT2D eigenvalue weighted by Crippen LogP contribution is 2.31. The molecule has 1 amide bonds. The second kappa shape index (κ2) is 7.60. The van der Waals surface area contributed by atoms with Gasteiger partial charge in [0, 0.05) is 22.9 Å². The van der Waals surface area contributed by atoms with Crippen LogP contribution >= 0.6 is 22.7 Å². The summed E-state index contributed by atoms with van der Waals surface area (Å²) in [5.41, 5.74) is 1.43. The lowest BCUT2D eigenvalue weighted by atomic mass is 9.98. The molecule has 0 saturated heterocycles. The van der Waals surface area contributed by atoms with Gasteiger partial charge >= 0.3 is 0 Å². The van der Waals surface area contributed by atoms with Crippen molar-refractivity contribution in [1.29, 1.82) is 0 Å². The van der Waals surface area contributed by atoms with Crippen LogP contribution in [0.2, 0.25) is 0 Å². The Morgan fingerprint density at radius 1 is 1.30 bits per heavy atom. The molecule has 0 aromatic carbocycles. The van der Waals surface area contributed by atoms with Crippen molar-refractivity contribution in [3.63, 3.8) is 0 Å². The molecule has 0 radical (unpaired) electrons. The maximum atomic E-state index is 12.5. The molecular weight excluding hydrogens is 324 g/mol. The van der Waals surface area contributed by atoms with Crippen molar-refractivity contribution < 1.29 is 9.69 Å². The maximum absolute atomic E-state index is 12.5. The number of thiophene rings is 2. The first-order valence-electron chi connectivity index (χ1n) is 8.46. The molecule has 1 aliphatic heterocycles. The fourth-order valence-corrected chi connectivity index (χ4v) is 5.25. The molecule has 5 heteroatoms. The SMILES string of the molecule is CCC(CC)NC(=O)C[NH+]1CCc2sccc2[C@@H]1c1cccs1. The van der Waals surface area contributed by atoms with Gasteiger partial charge in [-0.15, -0.1) is 22.7 Å². The fraction of sp³-hybridized carbons (Fsp3) is 0.500. The monoisotopic (exact) mass is 349 g/mol. The van der Waals surface area contributed by atoms with E-state index in [1.54, 1.807) is 11.3 Å². The summed E-state index contributed by atoms with van der Waals surface area (Å²) in [4.78, 5) is 16.7. The lowest BCUT2D eigenvalue weighted by Crippen LogP contribution is -3.14. The van der Waals surface area contributed by atoms with Crippen molar-refractivity contribution in [3.05, 3.63) is 44.3 Å². The molecule has 124 valence electrons. The predicted molar refractivity (Wildman–Crippen MR) is 97.4 cm³/mol. The molecule has 2 N–H and O–H groups in total. The predicted octanol–water partition coefficient (Wildman–Crippen LogP) is 2.64. The van der Waals surface area contributed by atoms with Gasteiger partial charge in [0.25, 0.3) is 5.91 Å². The number of rotatable bonds is 6. The van der Waals surface area contributed by atoms with E-state index in [0.717, 1.165) is 25.8 Å². The van der Waals surface area contributed by atoms with Crippen molar-refractivity contribution in [3.8, 4) is 0 Å². The van der Waals surface area contributed by atoms with E-state index in [2.05, 4.69) is 48.1 Å². The summed E-state index contributed by atoms with van der Waals surface area (Å²) < 4.78 is 0. The molecule has 0 fully saturated rings. The normalized spacial score (nSPS) is 20.5. The van der Waals surface area contributed by atoms with Crippen LogP contribution in [-0.4, -0.2) is 25.0 Å². The smallest absolute Gasteiger partial charge is 0.275 e. The Kier molecular flexibility index (Phi) is 5.51. The zero-order valence-corrected chi connectivity index (χ0v) is 15.4. The lowest BCUT2D eigenvalue weighted by Gasteiger charge is -2.32. The topological polar surface area (TPSA) is 33.5 Å². The van der Waals surface area contributed by atoms with Crippen LogP contribution in [0.1, 0.15) is 48.0 Å². The molecule has 0 saturated carbocycles. The number of quaternary nitrogens is 1. The quantitative estimate of drug-likeness (QED) is 0.826. The van der Waals surface area contributed by atoms with Gasteiger partial charge in [-0.2, -0.15) is 0 Å². The van der Waals surface area contributed by atoms with E-state index in [9.17, 15) is 4.79 Å². The fourth-order valence-electron chi connectivity index (χ4n) is 3.43. The second-order valence-electron chi connectivity index (χ2n) is 6.16. The average molecular weight is 350 g/mol. The molecule has 23 heavy (non-hydrogen) atoms. The standard InChI is InChI=1S/C18H24N2OS2/c1-3-13(4-2)19-17(21)12-20-9-7-15-14(8-11-23-15)18(20)16-6-5-10-22-16/h5-6,8,10-11,13,18H,3-4,7,9,12H2,1-2H3,(H,19,21)/p+1/t18-/m1/s1. The largest absolute Gasteiger partial charge is 0.348 e. The second-order valence-corrected chi connectivity index (χ2v) is 8.14. The molecule has 2 aromatic rings. The molecular formula is C18H25N2OS2+. The highest BCUT2D eigenvalue weighted by atomic mass is 32.1. The zero-order chi connectivity index (χ0) is 16.2. The number of hydrogen-bond donors (Lipinski definition) is 2. The van der Waals surface area contributed by atoms with Gasteiger partial charge in [-0.25, -0.2) is 0 Å². The van der Waals surface area contributed by atoms with E-state index >= 15 is 0 Å². The first-order chi connectivity index (χ1) is 11.2. The van der Waals surface area contributed by atoms with Crippen LogP contribution in [0.15, 0.2) is 29.0 Å². The van der Waals surface area contributed by atoms with Crippen LogP contribution < -0.4 is 10.2 Å². The highest BCUT2D eigenvalue weighted by Gasteiger charge is 2.35. The van der Waals surface area contributed by atoms with Crippen LogP contribution in [0.5, 0.6) is 0 Å². The van der Waals surface area contributed by atoms with Gasteiger partial charge in [0.1, 0.15) is 6.04 Å². The summed E-state index contributed by atoms with van der Waals surface area (Å²) in [5, 5.41) is 7.52. The van der Waals surface area contributed by atoms with E-state index in [-0.39, 0.29) is 5.91 Å². The Hall–Kier alpha value is -1.17. The van der Waals surface area contributed by atoms with E-state index in [4.69, 9.17) is 0 Å². The summed E-state index contributed by atoms with van der Waals surface area (Å²) in [5.74, 6) is 0.189. The van der Waals surface area contributed by atoms with Crippen LogP contribution in [0.25, 0.3) is 0 Å². The van der Waals surface area contributed by atoms with Gasteiger partial charge in [0.2, 0.25) is 0 Å². The summed E-state index contributed by atoms with van der Waals surface area (Å²) in [7, 11) is 0. The van der Waals surface area contributed by atoms with E-state index in [0.29, 0.717) is 18.6 Å². The lowest BCUT2D eigenvalue weighted by molar-refractivity contribution is -0.919. The molecule has 3 heterocycles. The molecule has 2 atom stereocenters. The van der Waals surface area contributed by atoms with Gasteiger partial charge in [0.05, 0.1) is 11.4 Å². The summed E-state index contributed by atoms with van der Waals surface area (Å²) >= 11 is 3.66. The first-order valence-corrected chi connectivity index (χ1v) is 10.2. The molecule has 0 aliphatic carbocycles. The van der Waals surface area contributed by atoms with Crippen molar-refractivity contribution in [2.45, 2.75) is 45.2 Å². The van der Waals surface area contributed by atoms with Crippen LogP contribution in [0.4, 0.5) is 0 Å². The number of hydrogen-bond acceptors (Lipinski definition) is 3. The third kappa shape index (κ3) is 3.67. The average Bonchev–Trinajstić information content (AvgIpc) is 3.23. The van der Waals surface area contributed by atoms with E-state index in [1.165, 1.54) is 20.2 Å². The van der Waals surface area contributed by atoms with Crippen molar-refractivity contribution in [1.82, 2.24) is 5.32 Å². The third-order valence-corrected chi connectivity index (χ3v) is 6.67. The van der Waals surface area contributed by atoms with E-state index in [1.807, 2.05) is 11.3 Å². The minimum Gasteiger partial charge on any atom is -0.348 e. The Balaban J connectivity index is 1.77. The Morgan fingerprint density at radius 2 is 2.13 bits per heavy atom. The van der Waals surface area contributed by atoms with Gasteiger partial charge in [-0.05, 0) is 35.7 Å². The van der Waals surface area contributed by atoms with Crippen molar-refractivity contribution in [2.24, 2.45) is 0 Å². The molecule has 1 aliphatic rings. The van der Waals surface area contributed by atoms with Gasteiger partial charge in [-0.3, -0.25) is 4.79 Å². The molecule has 0 bridgehead atoms. The number of amides is 1. The Labute approximate surface area is 146 Å². The summed E-state index contributed by atoms with van der Waals surface area (Å²) in [6, 6.07) is 7.20. The van der Waals surface area contributed by atoms with Crippen LogP contribution in [0.3, 0.4) is 0 Å². The minimum atomic E-state index is 0.189. The highest BCUT2D eigenvalue weighted by molar-refractivity contribution is 7.10. The maximum Gasteiger partial charge on any atom is 0.275 e. The molecule has 2 aromatic heterocycles. The zero-order valence-electron chi connectivity index (χ0n) is 13.8. The number of nitrogens with one attached hydrogen (secondary N) is 2. The van der Waals surface area contributed by atoms with Gasteiger partial charge < -0.3 is 10.2 Å². The Morgan fingerprint density at radius 3 is 2.83 bits per heavy atom. The number of carbonyl (C=O) groups excluding carboxylic acids is 1. The summed E-state index contributed by atoms with van der Waals surface area (Å²) in [6.07, 6.45) is 3.09. The van der Waals surface area contributed by atoms with Crippen molar-refractivity contribution in [2.75, 3.05) is 13.1 Å². The minimum absolute atomic E-state index is 0.189. The third-order valence-electron chi connectivity index (χ3n) is 4.74.